The number of nitrogens with zero attached hydrogens (tertiary/aromatic N) is 1. The Bertz CT molecular complexity index is 1000. The standard InChI is InChI=1S/C19H13ClN2O6/c20-12-4-6-13(7-5-12)22-18(26)15(17(25)21-19(22)27)9-11-2-1-3-14(8-11)28-10-16(23)24/h1-9H,10H2,(H,23,24)(H,21,25,27)/p-1/b15-9+. The number of rotatable bonds is 5. The number of carboxylic acid groups (broad SMARTS) is 1. The maximum atomic E-state index is 12.8. The van der Waals surface area contributed by atoms with Crippen LogP contribution in [-0.2, 0) is 14.4 Å². The molecule has 2 aromatic rings. The van der Waals surface area contributed by atoms with Crippen molar-refractivity contribution in [3.8, 4) is 5.75 Å². The zero-order valence-corrected chi connectivity index (χ0v) is 14.9. The molecular weight excluding hydrogens is 388 g/mol. The van der Waals surface area contributed by atoms with E-state index in [9.17, 15) is 24.3 Å². The molecule has 0 radical (unpaired) electrons. The van der Waals surface area contributed by atoms with Gasteiger partial charge in [-0.3, -0.25) is 14.9 Å². The number of benzene rings is 2. The number of carbonyl (C=O) groups excluding carboxylic acids is 4. The average Bonchev–Trinajstić information content (AvgIpc) is 2.65. The molecule has 0 spiro atoms. The van der Waals surface area contributed by atoms with E-state index in [1.165, 1.54) is 42.5 Å². The van der Waals surface area contributed by atoms with E-state index in [-0.39, 0.29) is 17.0 Å². The van der Waals surface area contributed by atoms with Crippen LogP contribution in [0.3, 0.4) is 0 Å². The van der Waals surface area contributed by atoms with Crippen molar-refractivity contribution in [1.82, 2.24) is 5.32 Å². The molecule has 3 rings (SSSR count). The van der Waals surface area contributed by atoms with Crippen LogP contribution in [0.25, 0.3) is 6.08 Å². The van der Waals surface area contributed by atoms with Crippen molar-refractivity contribution in [1.29, 1.82) is 0 Å². The fourth-order valence-corrected chi connectivity index (χ4v) is 2.61. The van der Waals surface area contributed by atoms with Crippen LogP contribution in [-0.4, -0.2) is 30.4 Å². The largest absolute Gasteiger partial charge is 0.546 e. The summed E-state index contributed by atoms with van der Waals surface area (Å²) in [5.41, 5.74) is 0.377. The van der Waals surface area contributed by atoms with E-state index in [0.29, 0.717) is 10.6 Å². The van der Waals surface area contributed by atoms with Gasteiger partial charge in [-0.25, -0.2) is 9.69 Å². The van der Waals surface area contributed by atoms with Gasteiger partial charge in [-0.2, -0.15) is 0 Å². The van der Waals surface area contributed by atoms with E-state index >= 15 is 0 Å². The van der Waals surface area contributed by atoms with Crippen molar-refractivity contribution >= 4 is 47.2 Å². The van der Waals surface area contributed by atoms with E-state index in [2.05, 4.69) is 5.32 Å². The Kier molecular flexibility index (Phi) is 5.42. The Hall–Kier alpha value is -3.65. The third-order valence-electron chi connectivity index (χ3n) is 3.71. The minimum atomic E-state index is -1.39. The maximum Gasteiger partial charge on any atom is 0.335 e. The van der Waals surface area contributed by atoms with Crippen molar-refractivity contribution in [2.24, 2.45) is 0 Å². The number of anilines is 1. The molecule has 2 aromatic carbocycles. The molecule has 0 bridgehead atoms. The lowest BCUT2D eigenvalue weighted by atomic mass is 10.1. The summed E-state index contributed by atoms with van der Waals surface area (Å²) >= 11 is 5.82. The van der Waals surface area contributed by atoms with Crippen LogP contribution >= 0.6 is 11.6 Å². The number of hydrogen-bond donors (Lipinski definition) is 1. The topological polar surface area (TPSA) is 116 Å². The smallest absolute Gasteiger partial charge is 0.335 e. The zero-order chi connectivity index (χ0) is 20.3. The second kappa shape index (κ2) is 7.93. The summed E-state index contributed by atoms with van der Waals surface area (Å²) in [6, 6.07) is 11.2. The number of imide groups is 2. The number of hydrogen-bond acceptors (Lipinski definition) is 6. The monoisotopic (exact) mass is 399 g/mol. The van der Waals surface area contributed by atoms with Gasteiger partial charge in [-0.15, -0.1) is 0 Å². The van der Waals surface area contributed by atoms with Crippen molar-refractivity contribution in [3.63, 3.8) is 0 Å². The van der Waals surface area contributed by atoms with E-state index in [0.717, 1.165) is 4.90 Å². The number of carbonyl (C=O) groups is 4. The maximum absolute atomic E-state index is 12.8. The molecule has 0 aliphatic carbocycles. The molecule has 28 heavy (non-hydrogen) atoms. The number of halogens is 1. The van der Waals surface area contributed by atoms with Crippen LogP contribution in [0.1, 0.15) is 5.56 Å². The second-order valence-electron chi connectivity index (χ2n) is 5.67. The Morgan fingerprint density at radius 1 is 1.14 bits per heavy atom. The summed E-state index contributed by atoms with van der Waals surface area (Å²) in [7, 11) is 0. The summed E-state index contributed by atoms with van der Waals surface area (Å²) < 4.78 is 5.02. The van der Waals surface area contributed by atoms with Gasteiger partial charge in [0.25, 0.3) is 11.8 Å². The first-order chi connectivity index (χ1) is 13.3. The minimum Gasteiger partial charge on any atom is -0.546 e. The number of aliphatic carboxylic acids is 1. The highest BCUT2D eigenvalue weighted by molar-refractivity contribution is 6.39. The highest BCUT2D eigenvalue weighted by atomic mass is 35.5. The van der Waals surface area contributed by atoms with Crippen LogP contribution in [0.15, 0.2) is 54.1 Å². The van der Waals surface area contributed by atoms with E-state index in [1.807, 2.05) is 0 Å². The number of carboxylic acids is 1. The molecule has 0 atom stereocenters. The van der Waals surface area contributed by atoms with Crippen molar-refractivity contribution in [2.45, 2.75) is 0 Å². The van der Waals surface area contributed by atoms with Crippen molar-refractivity contribution in [3.05, 3.63) is 64.7 Å². The molecular formula is C19H12ClN2O6-. The Morgan fingerprint density at radius 2 is 1.86 bits per heavy atom. The van der Waals surface area contributed by atoms with Gasteiger partial charge in [0.1, 0.15) is 17.9 Å². The van der Waals surface area contributed by atoms with Crippen LogP contribution in [0, 0.1) is 0 Å². The Balaban J connectivity index is 1.92. The van der Waals surface area contributed by atoms with Gasteiger partial charge >= 0.3 is 6.03 Å². The summed E-state index contributed by atoms with van der Waals surface area (Å²) in [5.74, 6) is -2.83. The molecule has 8 nitrogen and oxygen atoms in total. The normalized spacial score (nSPS) is 15.5. The lowest BCUT2D eigenvalue weighted by Crippen LogP contribution is -2.54. The SMILES string of the molecule is O=C([O-])COc1cccc(/C=C2\C(=O)NC(=O)N(c3ccc(Cl)cc3)C2=O)c1. The third-order valence-corrected chi connectivity index (χ3v) is 3.96. The predicted molar refractivity (Wildman–Crippen MR) is 97.4 cm³/mol. The molecule has 0 aromatic heterocycles. The van der Waals surface area contributed by atoms with E-state index < -0.39 is 30.4 Å². The molecule has 4 amide bonds. The molecule has 1 aliphatic heterocycles. The molecule has 1 aliphatic rings. The van der Waals surface area contributed by atoms with Crippen molar-refractivity contribution < 1.29 is 29.0 Å². The van der Waals surface area contributed by atoms with Crippen LogP contribution in [0.5, 0.6) is 5.75 Å². The lowest BCUT2D eigenvalue weighted by Gasteiger charge is -2.26. The summed E-state index contributed by atoms with van der Waals surface area (Å²) in [4.78, 5) is 48.4. The number of amides is 4. The quantitative estimate of drug-likeness (QED) is 0.595. The van der Waals surface area contributed by atoms with Gasteiger partial charge in [0.05, 0.1) is 11.7 Å². The van der Waals surface area contributed by atoms with Gasteiger partial charge in [0.2, 0.25) is 0 Å². The molecule has 0 unspecified atom stereocenters. The van der Waals surface area contributed by atoms with Crippen LogP contribution in [0.2, 0.25) is 5.02 Å². The number of barbiturate groups is 1. The highest BCUT2D eigenvalue weighted by Gasteiger charge is 2.36. The molecule has 0 saturated carbocycles. The zero-order valence-electron chi connectivity index (χ0n) is 14.2. The van der Waals surface area contributed by atoms with Gasteiger partial charge in [-0.1, -0.05) is 23.7 Å². The van der Waals surface area contributed by atoms with Gasteiger partial charge in [0.15, 0.2) is 0 Å². The van der Waals surface area contributed by atoms with Crippen LogP contribution in [0.4, 0.5) is 10.5 Å². The summed E-state index contributed by atoms with van der Waals surface area (Å²) in [6.45, 7) is -0.641. The first-order valence-electron chi connectivity index (χ1n) is 7.95. The molecule has 1 saturated heterocycles. The lowest BCUT2D eigenvalue weighted by molar-refractivity contribution is -0.307. The first kappa shape index (κ1) is 19.1. The van der Waals surface area contributed by atoms with Gasteiger partial charge in [-0.05, 0) is 48.0 Å². The van der Waals surface area contributed by atoms with Gasteiger partial charge < -0.3 is 14.6 Å². The molecule has 1 N–H and O–H groups in total. The van der Waals surface area contributed by atoms with E-state index in [4.69, 9.17) is 16.3 Å². The number of ether oxygens (including phenoxy) is 1. The molecule has 9 heteroatoms. The van der Waals surface area contributed by atoms with E-state index in [1.54, 1.807) is 12.1 Å². The first-order valence-corrected chi connectivity index (χ1v) is 8.32. The number of urea groups is 1. The van der Waals surface area contributed by atoms with Crippen molar-refractivity contribution in [2.75, 3.05) is 11.5 Å². The van der Waals surface area contributed by atoms with Crippen LogP contribution < -0.4 is 20.1 Å². The summed E-state index contributed by atoms with van der Waals surface area (Å²) in [6.07, 6.45) is 1.28. The molecule has 1 heterocycles. The fourth-order valence-electron chi connectivity index (χ4n) is 2.49. The Labute approximate surface area is 164 Å². The average molecular weight is 400 g/mol. The summed E-state index contributed by atoms with van der Waals surface area (Å²) in [5, 5.41) is 13.0. The fraction of sp³-hybridized carbons (Fsp3) is 0.0526. The second-order valence-corrected chi connectivity index (χ2v) is 6.10. The molecule has 1 fully saturated rings. The Morgan fingerprint density at radius 3 is 2.54 bits per heavy atom. The minimum absolute atomic E-state index is 0.216. The highest BCUT2D eigenvalue weighted by Crippen LogP contribution is 2.24. The number of nitrogens with one attached hydrogen (secondary N) is 1. The third kappa shape index (κ3) is 4.18. The molecule has 142 valence electrons. The predicted octanol–water partition coefficient (Wildman–Crippen LogP) is 1.14. The van der Waals surface area contributed by atoms with Gasteiger partial charge in [0, 0.05) is 5.02 Å².